The van der Waals surface area contributed by atoms with Crippen molar-refractivity contribution >= 4 is 5.97 Å². The number of rotatable bonds is 4. The Hall–Kier alpha value is -2.49. The fourth-order valence-corrected chi connectivity index (χ4v) is 2.94. The molecule has 3 rings (SSSR count). The zero-order valence-electron chi connectivity index (χ0n) is 13.1. The van der Waals surface area contributed by atoms with Gasteiger partial charge in [-0.3, -0.25) is 9.69 Å². The van der Waals surface area contributed by atoms with Crippen LogP contribution in [0, 0.1) is 0 Å². The number of hydrogen-bond acceptors (Lipinski definition) is 5. The zero-order valence-corrected chi connectivity index (χ0v) is 13.1. The third-order valence-corrected chi connectivity index (χ3v) is 4.22. The second-order valence-corrected chi connectivity index (χ2v) is 5.87. The van der Waals surface area contributed by atoms with Crippen molar-refractivity contribution in [2.45, 2.75) is 38.0 Å². The van der Waals surface area contributed by atoms with Crippen LogP contribution in [0.4, 0.5) is 13.2 Å². The predicted octanol–water partition coefficient (Wildman–Crippen LogP) is 2.12. The van der Waals surface area contributed by atoms with E-state index in [0.717, 1.165) is 25.0 Å². The minimum Gasteiger partial charge on any atom is -0.480 e. The highest BCUT2D eigenvalue weighted by Gasteiger charge is 2.31. The Morgan fingerprint density at radius 2 is 1.96 bits per heavy atom. The summed E-state index contributed by atoms with van der Waals surface area (Å²) in [6, 6.07) is 3.89. The number of tetrazole rings is 1. The smallest absolute Gasteiger partial charge is 0.416 e. The Balaban J connectivity index is 1.82. The van der Waals surface area contributed by atoms with Gasteiger partial charge >= 0.3 is 12.1 Å². The van der Waals surface area contributed by atoms with E-state index in [0.29, 0.717) is 24.5 Å². The number of halogens is 3. The summed E-state index contributed by atoms with van der Waals surface area (Å²) in [4.78, 5) is 13.1. The summed E-state index contributed by atoms with van der Waals surface area (Å²) < 4.78 is 39.3. The second-order valence-electron chi connectivity index (χ2n) is 5.87. The largest absolute Gasteiger partial charge is 0.480 e. The van der Waals surface area contributed by atoms with Crippen LogP contribution in [0.2, 0.25) is 0 Å². The number of aromatic nitrogens is 4. The van der Waals surface area contributed by atoms with E-state index in [-0.39, 0.29) is 6.54 Å². The normalized spacial score (nSPS) is 19.1. The molecule has 0 spiro atoms. The lowest BCUT2D eigenvalue weighted by Crippen LogP contribution is -2.44. The fourth-order valence-electron chi connectivity index (χ4n) is 2.94. The van der Waals surface area contributed by atoms with Gasteiger partial charge in [0.1, 0.15) is 6.04 Å². The third-order valence-electron chi connectivity index (χ3n) is 4.22. The number of carbonyl (C=O) groups is 1. The van der Waals surface area contributed by atoms with E-state index in [2.05, 4.69) is 15.5 Å². The highest BCUT2D eigenvalue weighted by Crippen LogP contribution is 2.29. The Kier molecular flexibility index (Phi) is 4.71. The monoisotopic (exact) mass is 355 g/mol. The van der Waals surface area contributed by atoms with Crippen LogP contribution < -0.4 is 0 Å². The van der Waals surface area contributed by atoms with Crippen LogP contribution in [0.3, 0.4) is 0 Å². The van der Waals surface area contributed by atoms with E-state index in [9.17, 15) is 23.1 Å². The molecular formula is C15H16F3N5O2. The first kappa shape index (κ1) is 17.3. The molecule has 0 amide bonds. The molecule has 1 aliphatic rings. The highest BCUT2D eigenvalue weighted by molar-refractivity contribution is 5.73. The molecule has 134 valence electrons. The maximum absolute atomic E-state index is 12.7. The van der Waals surface area contributed by atoms with E-state index in [1.807, 2.05) is 0 Å². The van der Waals surface area contributed by atoms with Gasteiger partial charge in [-0.15, -0.1) is 5.10 Å². The van der Waals surface area contributed by atoms with Crippen molar-refractivity contribution in [2.24, 2.45) is 0 Å². The number of likely N-dealkylation sites (tertiary alicyclic amines) is 1. The first-order valence-electron chi connectivity index (χ1n) is 7.78. The zero-order chi connectivity index (χ0) is 18.0. The Labute approximate surface area is 141 Å². The number of carboxylic acid groups (broad SMARTS) is 1. The first-order valence-corrected chi connectivity index (χ1v) is 7.78. The molecular weight excluding hydrogens is 339 g/mol. The highest BCUT2D eigenvalue weighted by atomic mass is 19.4. The molecule has 0 bridgehead atoms. The minimum atomic E-state index is -4.41. The average molecular weight is 355 g/mol. The standard InChI is InChI=1S/C15H16F3N5O2/c16-15(17,18)10-4-6-11(7-5-10)23-13(19-20-21-23)9-22-8-2-1-3-12(22)14(24)25/h4-7,12H,1-3,8-9H2,(H,24,25). The van der Waals surface area contributed by atoms with Gasteiger partial charge in [0.25, 0.3) is 0 Å². The van der Waals surface area contributed by atoms with Gasteiger partial charge in [-0.05, 0) is 54.1 Å². The van der Waals surface area contributed by atoms with Crippen LogP contribution in [0.5, 0.6) is 0 Å². The van der Waals surface area contributed by atoms with Gasteiger partial charge in [-0.1, -0.05) is 6.42 Å². The molecule has 1 saturated heterocycles. The van der Waals surface area contributed by atoms with Crippen LogP contribution in [-0.2, 0) is 17.5 Å². The van der Waals surface area contributed by atoms with Gasteiger partial charge in [0.2, 0.25) is 0 Å². The Morgan fingerprint density at radius 3 is 2.60 bits per heavy atom. The van der Waals surface area contributed by atoms with Crippen LogP contribution in [0.15, 0.2) is 24.3 Å². The summed E-state index contributed by atoms with van der Waals surface area (Å²) in [5, 5.41) is 20.6. The molecule has 2 heterocycles. The number of hydrogen-bond donors (Lipinski definition) is 1. The number of piperidine rings is 1. The number of alkyl halides is 3. The quantitative estimate of drug-likeness (QED) is 0.904. The maximum atomic E-state index is 12.7. The van der Waals surface area contributed by atoms with Crippen LogP contribution >= 0.6 is 0 Å². The Morgan fingerprint density at radius 1 is 1.24 bits per heavy atom. The number of benzene rings is 1. The van der Waals surface area contributed by atoms with Gasteiger partial charge in [0, 0.05) is 0 Å². The summed E-state index contributed by atoms with van der Waals surface area (Å²) >= 11 is 0. The average Bonchev–Trinajstić information content (AvgIpc) is 3.02. The molecule has 1 N–H and O–H groups in total. The number of nitrogens with zero attached hydrogens (tertiary/aromatic N) is 5. The van der Waals surface area contributed by atoms with E-state index in [4.69, 9.17) is 0 Å². The molecule has 1 aliphatic heterocycles. The van der Waals surface area contributed by atoms with Crippen LogP contribution in [0.25, 0.3) is 5.69 Å². The Bertz CT molecular complexity index is 744. The molecule has 25 heavy (non-hydrogen) atoms. The summed E-state index contributed by atoms with van der Waals surface area (Å²) in [5.74, 6) is -0.513. The molecule has 1 fully saturated rings. The fraction of sp³-hybridized carbons (Fsp3) is 0.467. The predicted molar refractivity (Wildman–Crippen MR) is 79.8 cm³/mol. The number of aliphatic carboxylic acids is 1. The second kappa shape index (κ2) is 6.79. The summed E-state index contributed by atoms with van der Waals surface area (Å²) in [6.45, 7) is 0.821. The van der Waals surface area contributed by atoms with Crippen LogP contribution in [0.1, 0.15) is 30.7 Å². The molecule has 7 nitrogen and oxygen atoms in total. The summed E-state index contributed by atoms with van der Waals surface area (Å²) in [6.07, 6.45) is -2.13. The van der Waals surface area contributed by atoms with Crippen molar-refractivity contribution in [3.05, 3.63) is 35.7 Å². The topological polar surface area (TPSA) is 84.1 Å². The lowest BCUT2D eigenvalue weighted by atomic mass is 10.0. The van der Waals surface area contributed by atoms with Crippen molar-refractivity contribution in [3.63, 3.8) is 0 Å². The van der Waals surface area contributed by atoms with Gasteiger partial charge in [0.15, 0.2) is 5.82 Å². The molecule has 10 heteroatoms. The lowest BCUT2D eigenvalue weighted by molar-refractivity contribution is -0.145. The summed E-state index contributed by atoms with van der Waals surface area (Å²) in [7, 11) is 0. The molecule has 0 aliphatic carbocycles. The van der Waals surface area contributed by atoms with E-state index < -0.39 is 23.8 Å². The first-order chi connectivity index (χ1) is 11.9. The molecule has 1 unspecified atom stereocenters. The van der Waals surface area contributed by atoms with Gasteiger partial charge in [-0.25, -0.2) is 0 Å². The lowest BCUT2D eigenvalue weighted by Gasteiger charge is -2.32. The molecule has 1 aromatic carbocycles. The van der Waals surface area contributed by atoms with E-state index >= 15 is 0 Å². The van der Waals surface area contributed by atoms with Crippen molar-refractivity contribution in [2.75, 3.05) is 6.54 Å². The van der Waals surface area contributed by atoms with E-state index in [1.54, 1.807) is 4.90 Å². The molecule has 0 radical (unpaired) electrons. The minimum absolute atomic E-state index is 0.213. The van der Waals surface area contributed by atoms with Gasteiger partial charge in [0.05, 0.1) is 17.8 Å². The SMILES string of the molecule is O=C(O)C1CCCCN1Cc1nnnn1-c1ccc(C(F)(F)F)cc1. The molecule has 1 atom stereocenters. The number of carboxylic acids is 1. The summed E-state index contributed by atoms with van der Waals surface area (Å²) in [5.41, 5.74) is -0.371. The molecule has 0 saturated carbocycles. The third kappa shape index (κ3) is 3.78. The van der Waals surface area contributed by atoms with E-state index in [1.165, 1.54) is 16.8 Å². The molecule has 2 aromatic rings. The van der Waals surface area contributed by atoms with Gasteiger partial charge in [-0.2, -0.15) is 17.9 Å². The van der Waals surface area contributed by atoms with Crippen molar-refractivity contribution < 1.29 is 23.1 Å². The van der Waals surface area contributed by atoms with Crippen molar-refractivity contribution in [1.82, 2.24) is 25.1 Å². The molecule has 1 aromatic heterocycles. The van der Waals surface area contributed by atoms with Crippen molar-refractivity contribution in [3.8, 4) is 5.69 Å². The van der Waals surface area contributed by atoms with Gasteiger partial charge < -0.3 is 5.11 Å². The van der Waals surface area contributed by atoms with Crippen LogP contribution in [-0.4, -0.2) is 48.8 Å². The van der Waals surface area contributed by atoms with Crippen molar-refractivity contribution in [1.29, 1.82) is 0 Å². The maximum Gasteiger partial charge on any atom is 0.416 e.